The molecule has 0 bridgehead atoms. The molecular formula is C57H62N4OSi. The second-order valence-electron chi connectivity index (χ2n) is 21.6. The van der Waals surface area contributed by atoms with Crippen LogP contribution < -0.4 is 19.7 Å². The van der Waals surface area contributed by atoms with E-state index < -0.39 is 8.07 Å². The van der Waals surface area contributed by atoms with Crippen LogP contribution in [0.15, 0.2) is 146 Å². The third-order valence-corrected chi connectivity index (χ3v) is 14.7. The van der Waals surface area contributed by atoms with Crippen molar-refractivity contribution in [1.82, 2.24) is 9.55 Å². The average Bonchev–Trinajstić information content (AvgIpc) is 3.78. The summed E-state index contributed by atoms with van der Waals surface area (Å²) < 4.78 is 9.16. The van der Waals surface area contributed by atoms with E-state index in [1.54, 1.807) is 0 Å². The normalized spacial score (nSPS) is 13.6. The standard InChI is InChI=1S/C57H62N4OSi/c1-55(2,3)40-28-29-58-53(34-40)61-49-27-24-39(38-18-14-13-15-19-38)30-48(49)47-26-25-46(36-51(47)61)62-45-21-16-20-43(35-45)59-37-60(54-50(59)22-17-23-52(54)63(10,11)12)44-32-41(56(4,5)6)31-42(33-44)57(7,8)9/h13-36H,37H2,1-12H3. The molecule has 9 rings (SSSR count). The number of fused-ring (bicyclic) bond motifs is 4. The lowest BCUT2D eigenvalue weighted by Gasteiger charge is -2.31. The summed E-state index contributed by atoms with van der Waals surface area (Å²) in [6.45, 7) is 28.8. The topological polar surface area (TPSA) is 33.5 Å². The smallest absolute Gasteiger partial charge is 0.137 e. The first-order chi connectivity index (χ1) is 29.7. The molecule has 0 saturated heterocycles. The number of nitrogens with zero attached hydrogens (tertiary/aromatic N) is 4. The van der Waals surface area contributed by atoms with Gasteiger partial charge in [0, 0.05) is 40.5 Å². The van der Waals surface area contributed by atoms with Crippen molar-refractivity contribution in [3.05, 3.63) is 162 Å². The highest BCUT2D eigenvalue weighted by molar-refractivity contribution is 6.90. The molecule has 8 aromatic rings. The van der Waals surface area contributed by atoms with Crippen molar-refractivity contribution < 1.29 is 4.74 Å². The van der Waals surface area contributed by atoms with Gasteiger partial charge >= 0.3 is 0 Å². The second-order valence-corrected chi connectivity index (χ2v) is 26.6. The SMILES string of the molecule is CC(C)(C)c1cc(N2CN(c3cccc(Oc4ccc5c6cc(-c7ccccc7)ccc6n(-c6cc(C(C)(C)C)ccn6)c5c4)c3)c3cccc([Si](C)(C)C)c32)cc(C(C)(C)C)c1. The molecule has 320 valence electrons. The van der Waals surface area contributed by atoms with Crippen LogP contribution in [0.3, 0.4) is 0 Å². The summed E-state index contributed by atoms with van der Waals surface area (Å²) in [7, 11) is -1.76. The van der Waals surface area contributed by atoms with Crippen LogP contribution in [-0.4, -0.2) is 24.3 Å². The Morgan fingerprint density at radius 2 is 1.19 bits per heavy atom. The van der Waals surface area contributed by atoms with Crippen LogP contribution in [0.2, 0.25) is 19.6 Å². The molecule has 1 aliphatic rings. The Kier molecular flexibility index (Phi) is 10.3. The fourth-order valence-electron chi connectivity index (χ4n) is 8.97. The summed E-state index contributed by atoms with van der Waals surface area (Å²) in [6, 6.07) is 51.0. The Morgan fingerprint density at radius 3 is 1.87 bits per heavy atom. The zero-order valence-corrected chi connectivity index (χ0v) is 40.3. The van der Waals surface area contributed by atoms with Gasteiger partial charge in [0.25, 0.3) is 0 Å². The minimum absolute atomic E-state index is 0.0116. The van der Waals surface area contributed by atoms with E-state index in [4.69, 9.17) is 9.72 Å². The Balaban J connectivity index is 1.13. The van der Waals surface area contributed by atoms with E-state index in [2.05, 4.69) is 236 Å². The summed E-state index contributed by atoms with van der Waals surface area (Å²) in [4.78, 5) is 9.99. The summed E-state index contributed by atoms with van der Waals surface area (Å²) in [5.74, 6) is 2.46. The first kappa shape index (κ1) is 42.2. The third kappa shape index (κ3) is 8.06. The van der Waals surface area contributed by atoms with Gasteiger partial charge < -0.3 is 14.5 Å². The number of hydrogen-bond acceptors (Lipinski definition) is 4. The van der Waals surface area contributed by atoms with Crippen LogP contribution in [0.4, 0.5) is 22.7 Å². The zero-order chi connectivity index (χ0) is 44.6. The van der Waals surface area contributed by atoms with Crippen LogP contribution in [0.25, 0.3) is 38.8 Å². The van der Waals surface area contributed by atoms with Crippen molar-refractivity contribution in [3.63, 3.8) is 0 Å². The minimum atomic E-state index is -1.76. The van der Waals surface area contributed by atoms with Gasteiger partial charge in [0.1, 0.15) is 24.0 Å². The molecule has 6 aromatic carbocycles. The van der Waals surface area contributed by atoms with E-state index in [0.717, 1.165) is 39.4 Å². The number of pyridine rings is 1. The van der Waals surface area contributed by atoms with Gasteiger partial charge in [-0.15, -0.1) is 0 Å². The maximum Gasteiger partial charge on any atom is 0.137 e. The molecule has 0 saturated carbocycles. The Bertz CT molecular complexity index is 2980. The van der Waals surface area contributed by atoms with Crippen LogP contribution in [-0.2, 0) is 16.2 Å². The van der Waals surface area contributed by atoms with Crippen LogP contribution in [0.5, 0.6) is 11.5 Å². The van der Waals surface area contributed by atoms with E-state index >= 15 is 0 Å². The van der Waals surface area contributed by atoms with Crippen molar-refractivity contribution in [2.75, 3.05) is 16.5 Å². The minimum Gasteiger partial charge on any atom is -0.457 e. The molecule has 5 nitrogen and oxygen atoms in total. The molecule has 0 spiro atoms. The number of ether oxygens (including phenoxy) is 1. The highest BCUT2D eigenvalue weighted by atomic mass is 28.3. The second kappa shape index (κ2) is 15.3. The molecule has 2 aromatic heterocycles. The van der Waals surface area contributed by atoms with Gasteiger partial charge in [-0.3, -0.25) is 4.57 Å². The lowest BCUT2D eigenvalue weighted by molar-refractivity contribution is 0.483. The summed E-state index contributed by atoms with van der Waals surface area (Å²) in [6.07, 6.45) is 1.94. The maximum atomic E-state index is 6.86. The largest absolute Gasteiger partial charge is 0.457 e. The van der Waals surface area contributed by atoms with E-state index in [0.29, 0.717) is 6.67 Å². The molecule has 0 fully saturated rings. The molecular weight excluding hydrogens is 785 g/mol. The molecule has 0 atom stereocenters. The molecule has 0 aliphatic carbocycles. The fraction of sp³-hybridized carbons (Fsp3) is 0.281. The van der Waals surface area contributed by atoms with Crippen LogP contribution >= 0.6 is 0 Å². The first-order valence-corrected chi connectivity index (χ1v) is 26.0. The molecule has 6 heteroatoms. The maximum absolute atomic E-state index is 6.86. The van der Waals surface area contributed by atoms with E-state index in [1.807, 2.05) is 6.20 Å². The number of benzene rings is 6. The number of anilines is 4. The quantitative estimate of drug-likeness (QED) is 0.150. The predicted octanol–water partition coefficient (Wildman–Crippen LogP) is 15.3. The number of hydrogen-bond donors (Lipinski definition) is 0. The monoisotopic (exact) mass is 846 g/mol. The fourth-order valence-corrected chi connectivity index (χ4v) is 10.5. The lowest BCUT2D eigenvalue weighted by atomic mass is 9.80. The van der Waals surface area contributed by atoms with Crippen molar-refractivity contribution in [3.8, 4) is 28.4 Å². The Hall–Kier alpha value is -6.11. The Labute approximate surface area is 376 Å². The molecule has 63 heavy (non-hydrogen) atoms. The lowest BCUT2D eigenvalue weighted by Crippen LogP contribution is -2.40. The molecule has 1 aliphatic heterocycles. The molecule has 3 heterocycles. The van der Waals surface area contributed by atoms with Crippen molar-refractivity contribution in [1.29, 1.82) is 0 Å². The molecule has 0 N–H and O–H groups in total. The van der Waals surface area contributed by atoms with E-state index in [1.165, 1.54) is 55.5 Å². The highest BCUT2D eigenvalue weighted by Crippen LogP contribution is 2.47. The van der Waals surface area contributed by atoms with Crippen molar-refractivity contribution in [2.24, 2.45) is 0 Å². The van der Waals surface area contributed by atoms with Crippen LogP contribution in [0.1, 0.15) is 79.0 Å². The molecule has 0 amide bonds. The van der Waals surface area contributed by atoms with Crippen molar-refractivity contribution >= 4 is 57.8 Å². The van der Waals surface area contributed by atoms with Gasteiger partial charge in [0.2, 0.25) is 0 Å². The third-order valence-electron chi connectivity index (χ3n) is 12.7. The van der Waals surface area contributed by atoms with E-state index in [9.17, 15) is 0 Å². The summed E-state index contributed by atoms with van der Waals surface area (Å²) in [5, 5.41) is 3.81. The highest BCUT2D eigenvalue weighted by Gasteiger charge is 2.35. The van der Waals surface area contributed by atoms with Crippen molar-refractivity contribution in [2.45, 2.75) is 98.2 Å². The van der Waals surface area contributed by atoms with E-state index in [-0.39, 0.29) is 16.2 Å². The van der Waals surface area contributed by atoms with Gasteiger partial charge in [-0.1, -0.05) is 143 Å². The van der Waals surface area contributed by atoms with Gasteiger partial charge in [-0.2, -0.15) is 0 Å². The predicted molar refractivity (Wildman–Crippen MR) is 272 cm³/mol. The summed E-state index contributed by atoms with van der Waals surface area (Å²) in [5.41, 5.74) is 13.4. The summed E-state index contributed by atoms with van der Waals surface area (Å²) >= 11 is 0. The first-order valence-electron chi connectivity index (χ1n) is 22.5. The van der Waals surface area contributed by atoms with Crippen LogP contribution in [0, 0.1) is 0 Å². The molecule has 0 unspecified atom stereocenters. The molecule has 0 radical (unpaired) electrons. The van der Waals surface area contributed by atoms with Gasteiger partial charge in [0.15, 0.2) is 0 Å². The van der Waals surface area contributed by atoms with Gasteiger partial charge in [-0.25, -0.2) is 4.98 Å². The zero-order valence-electron chi connectivity index (χ0n) is 39.3. The number of para-hydroxylation sites is 1. The van der Waals surface area contributed by atoms with Gasteiger partial charge in [0.05, 0.1) is 30.5 Å². The Morgan fingerprint density at radius 1 is 0.508 bits per heavy atom. The van der Waals surface area contributed by atoms with Gasteiger partial charge in [-0.05, 0) is 116 Å². The number of aromatic nitrogens is 2. The number of rotatable bonds is 7. The average molecular weight is 847 g/mol.